The average molecular weight is 332 g/mol. The van der Waals surface area contributed by atoms with Crippen molar-refractivity contribution in [3.63, 3.8) is 0 Å². The zero-order chi connectivity index (χ0) is 16.9. The maximum atomic E-state index is 4.83. The second-order valence-corrected chi connectivity index (χ2v) is 5.98. The molecule has 1 saturated heterocycles. The van der Waals surface area contributed by atoms with Gasteiger partial charge < -0.3 is 10.2 Å². The molecule has 126 valence electrons. The van der Waals surface area contributed by atoms with Gasteiger partial charge in [-0.1, -0.05) is 6.07 Å². The maximum Gasteiger partial charge on any atom is 0.162 e. The predicted molar refractivity (Wildman–Crippen MR) is 98.2 cm³/mol. The lowest BCUT2D eigenvalue weighted by molar-refractivity contribution is 0.724. The SMILES string of the molecule is c1ccc(-c2cc(N3CCCNCC3)nc(-c3ccncc3)n2)nc1. The van der Waals surface area contributed by atoms with Crippen LogP contribution >= 0.6 is 0 Å². The van der Waals surface area contributed by atoms with Crippen molar-refractivity contribution < 1.29 is 0 Å². The van der Waals surface area contributed by atoms with Crippen molar-refractivity contribution in [1.82, 2.24) is 25.3 Å². The van der Waals surface area contributed by atoms with E-state index in [9.17, 15) is 0 Å². The monoisotopic (exact) mass is 332 g/mol. The van der Waals surface area contributed by atoms with Crippen LogP contribution in [-0.2, 0) is 0 Å². The Morgan fingerprint density at radius 2 is 1.80 bits per heavy atom. The average Bonchev–Trinajstić information content (AvgIpc) is 2.99. The summed E-state index contributed by atoms with van der Waals surface area (Å²) in [5.74, 6) is 1.66. The minimum absolute atomic E-state index is 0.706. The summed E-state index contributed by atoms with van der Waals surface area (Å²) < 4.78 is 0. The first-order valence-corrected chi connectivity index (χ1v) is 8.57. The molecule has 1 N–H and O–H groups in total. The molecular weight excluding hydrogens is 312 g/mol. The summed E-state index contributed by atoms with van der Waals surface area (Å²) in [5, 5.41) is 3.43. The third kappa shape index (κ3) is 3.64. The van der Waals surface area contributed by atoms with Crippen LogP contribution in [0.1, 0.15) is 6.42 Å². The molecule has 3 aromatic heterocycles. The minimum atomic E-state index is 0.706. The van der Waals surface area contributed by atoms with Crippen LogP contribution in [0.2, 0.25) is 0 Å². The van der Waals surface area contributed by atoms with Gasteiger partial charge in [0.05, 0.1) is 11.4 Å². The van der Waals surface area contributed by atoms with Gasteiger partial charge in [0.2, 0.25) is 0 Å². The van der Waals surface area contributed by atoms with Crippen LogP contribution < -0.4 is 10.2 Å². The fourth-order valence-corrected chi connectivity index (χ4v) is 2.95. The van der Waals surface area contributed by atoms with Gasteiger partial charge in [-0.3, -0.25) is 9.97 Å². The Morgan fingerprint density at radius 3 is 2.64 bits per heavy atom. The third-order valence-corrected chi connectivity index (χ3v) is 4.24. The number of nitrogens with zero attached hydrogens (tertiary/aromatic N) is 5. The van der Waals surface area contributed by atoms with Gasteiger partial charge in [0.1, 0.15) is 5.82 Å². The fraction of sp³-hybridized carbons (Fsp3) is 0.263. The van der Waals surface area contributed by atoms with Crippen LogP contribution in [0.25, 0.3) is 22.8 Å². The van der Waals surface area contributed by atoms with E-state index >= 15 is 0 Å². The Balaban J connectivity index is 1.80. The van der Waals surface area contributed by atoms with E-state index in [0.29, 0.717) is 5.82 Å². The molecule has 1 aliphatic heterocycles. The normalized spacial score (nSPS) is 15.0. The number of pyridine rings is 2. The van der Waals surface area contributed by atoms with Gasteiger partial charge in [-0.25, -0.2) is 9.97 Å². The minimum Gasteiger partial charge on any atom is -0.355 e. The Bertz CT molecular complexity index is 756. The molecule has 0 saturated carbocycles. The van der Waals surface area contributed by atoms with E-state index in [0.717, 1.165) is 55.4 Å². The smallest absolute Gasteiger partial charge is 0.162 e. The highest BCUT2D eigenvalue weighted by molar-refractivity contribution is 5.65. The van der Waals surface area contributed by atoms with Crippen LogP contribution in [-0.4, -0.2) is 46.1 Å². The topological polar surface area (TPSA) is 66.8 Å². The highest BCUT2D eigenvalue weighted by Gasteiger charge is 2.15. The second kappa shape index (κ2) is 7.36. The second-order valence-electron chi connectivity index (χ2n) is 5.98. The van der Waals surface area contributed by atoms with Gasteiger partial charge in [-0.05, 0) is 37.2 Å². The summed E-state index contributed by atoms with van der Waals surface area (Å²) in [7, 11) is 0. The Kier molecular flexibility index (Phi) is 4.61. The number of nitrogens with one attached hydrogen (secondary N) is 1. The van der Waals surface area contributed by atoms with Crippen molar-refractivity contribution in [3.8, 4) is 22.8 Å². The summed E-state index contributed by atoms with van der Waals surface area (Å²) in [5.41, 5.74) is 2.66. The van der Waals surface area contributed by atoms with Crippen molar-refractivity contribution in [2.24, 2.45) is 0 Å². The largest absolute Gasteiger partial charge is 0.355 e. The summed E-state index contributed by atoms with van der Waals surface area (Å²) in [6, 6.07) is 11.8. The van der Waals surface area contributed by atoms with Gasteiger partial charge in [-0.15, -0.1) is 0 Å². The molecular formula is C19H20N6. The molecule has 1 aliphatic rings. The van der Waals surface area contributed by atoms with Gasteiger partial charge in [0.15, 0.2) is 5.82 Å². The van der Waals surface area contributed by atoms with Gasteiger partial charge in [0, 0.05) is 49.9 Å². The lowest BCUT2D eigenvalue weighted by Crippen LogP contribution is -2.28. The van der Waals surface area contributed by atoms with Crippen molar-refractivity contribution in [3.05, 3.63) is 55.0 Å². The zero-order valence-electron chi connectivity index (χ0n) is 14.0. The molecule has 3 aromatic rings. The van der Waals surface area contributed by atoms with Crippen molar-refractivity contribution in [2.45, 2.75) is 6.42 Å². The molecule has 0 amide bonds. The van der Waals surface area contributed by atoms with E-state index in [1.165, 1.54) is 0 Å². The van der Waals surface area contributed by atoms with Gasteiger partial charge in [-0.2, -0.15) is 0 Å². The first kappa shape index (κ1) is 15.7. The van der Waals surface area contributed by atoms with E-state index in [1.54, 1.807) is 18.6 Å². The molecule has 0 radical (unpaired) electrons. The number of aromatic nitrogens is 4. The van der Waals surface area contributed by atoms with Crippen LogP contribution in [0.4, 0.5) is 5.82 Å². The quantitative estimate of drug-likeness (QED) is 0.794. The van der Waals surface area contributed by atoms with Crippen molar-refractivity contribution >= 4 is 5.82 Å². The maximum absolute atomic E-state index is 4.83. The number of hydrogen-bond donors (Lipinski definition) is 1. The number of rotatable bonds is 3. The Hall–Kier alpha value is -2.86. The highest BCUT2D eigenvalue weighted by atomic mass is 15.2. The Labute approximate surface area is 147 Å². The summed E-state index contributed by atoms with van der Waals surface area (Å²) >= 11 is 0. The van der Waals surface area contributed by atoms with Crippen LogP contribution in [0.3, 0.4) is 0 Å². The molecule has 4 rings (SSSR count). The summed E-state index contributed by atoms with van der Waals surface area (Å²) in [4.78, 5) is 20.4. The molecule has 0 aromatic carbocycles. The first-order chi connectivity index (χ1) is 12.4. The fourth-order valence-electron chi connectivity index (χ4n) is 2.95. The molecule has 0 atom stereocenters. The molecule has 6 heteroatoms. The predicted octanol–water partition coefficient (Wildman–Crippen LogP) is 2.40. The standard InChI is InChI=1S/C19H20N6/c1-2-8-22-16(4-1)17-14-18(25-12-3-7-20-11-13-25)24-19(23-17)15-5-9-21-10-6-15/h1-2,4-6,8-10,14,20H,3,7,11-13H2. The lowest BCUT2D eigenvalue weighted by atomic mass is 10.2. The van der Waals surface area contributed by atoms with E-state index in [2.05, 4.69) is 20.2 Å². The first-order valence-electron chi connectivity index (χ1n) is 8.57. The van der Waals surface area contributed by atoms with E-state index in [4.69, 9.17) is 9.97 Å². The number of anilines is 1. The molecule has 0 unspecified atom stereocenters. The molecule has 1 fully saturated rings. The van der Waals surface area contributed by atoms with E-state index < -0.39 is 0 Å². The molecule has 25 heavy (non-hydrogen) atoms. The van der Waals surface area contributed by atoms with Crippen LogP contribution in [0, 0.1) is 0 Å². The van der Waals surface area contributed by atoms with Crippen molar-refractivity contribution in [1.29, 1.82) is 0 Å². The molecule has 0 aliphatic carbocycles. The molecule has 0 bridgehead atoms. The molecule has 4 heterocycles. The number of hydrogen-bond acceptors (Lipinski definition) is 6. The third-order valence-electron chi connectivity index (χ3n) is 4.24. The highest BCUT2D eigenvalue weighted by Crippen LogP contribution is 2.25. The van der Waals surface area contributed by atoms with Gasteiger partial charge >= 0.3 is 0 Å². The van der Waals surface area contributed by atoms with E-state index in [-0.39, 0.29) is 0 Å². The molecule has 6 nitrogen and oxygen atoms in total. The zero-order valence-corrected chi connectivity index (χ0v) is 14.0. The summed E-state index contributed by atoms with van der Waals surface area (Å²) in [6.07, 6.45) is 6.43. The van der Waals surface area contributed by atoms with Crippen LogP contribution in [0.5, 0.6) is 0 Å². The van der Waals surface area contributed by atoms with Gasteiger partial charge in [0.25, 0.3) is 0 Å². The van der Waals surface area contributed by atoms with E-state index in [1.807, 2.05) is 36.4 Å². The molecule has 0 spiro atoms. The summed E-state index contributed by atoms with van der Waals surface area (Å²) in [6.45, 7) is 3.94. The Morgan fingerprint density at radius 1 is 0.880 bits per heavy atom. The van der Waals surface area contributed by atoms with Crippen LogP contribution in [0.15, 0.2) is 55.0 Å². The van der Waals surface area contributed by atoms with Crippen molar-refractivity contribution in [2.75, 3.05) is 31.1 Å². The lowest BCUT2D eigenvalue weighted by Gasteiger charge is -2.22.